The molecule has 110 valence electrons. The number of carboxylic acid groups (broad SMARTS) is 1. The Bertz CT molecular complexity index is 711. The molecule has 7 heteroatoms. The van der Waals surface area contributed by atoms with Crippen LogP contribution in [0.5, 0.6) is 0 Å². The average Bonchev–Trinajstić information content (AvgIpc) is 2.36. The number of benzene rings is 1. The second-order valence-electron chi connectivity index (χ2n) is 4.33. The molecule has 21 heavy (non-hydrogen) atoms. The fourth-order valence-corrected chi connectivity index (χ4v) is 1.84. The van der Waals surface area contributed by atoms with Crippen molar-refractivity contribution >= 4 is 5.97 Å². The van der Waals surface area contributed by atoms with Crippen molar-refractivity contribution < 1.29 is 27.5 Å². The van der Waals surface area contributed by atoms with Crippen molar-refractivity contribution in [3.05, 3.63) is 53.0 Å². The van der Waals surface area contributed by atoms with Crippen molar-refractivity contribution in [1.29, 1.82) is 0 Å². The first-order valence-corrected chi connectivity index (χ1v) is 5.78. The zero-order chi connectivity index (χ0) is 15.8. The molecule has 0 bridgehead atoms. The number of halogens is 4. The Balaban J connectivity index is 2.48. The number of carboxylic acids is 1. The van der Waals surface area contributed by atoms with Crippen LogP contribution >= 0.6 is 0 Å². The summed E-state index contributed by atoms with van der Waals surface area (Å²) in [5.41, 5.74) is -1.04. The lowest BCUT2D eigenvalue weighted by Crippen LogP contribution is -2.06. The van der Waals surface area contributed by atoms with Gasteiger partial charge in [0.2, 0.25) is 0 Å². The zero-order valence-corrected chi connectivity index (χ0v) is 10.7. The molecule has 0 fully saturated rings. The topological polar surface area (TPSA) is 50.2 Å². The minimum atomic E-state index is -4.63. The van der Waals surface area contributed by atoms with E-state index in [2.05, 4.69) is 4.98 Å². The Labute approximate surface area is 116 Å². The molecule has 3 nitrogen and oxygen atoms in total. The number of carbonyl (C=O) groups is 1. The number of aryl methyl sites for hydroxylation is 1. The van der Waals surface area contributed by atoms with Crippen LogP contribution in [-0.2, 0) is 6.18 Å². The summed E-state index contributed by atoms with van der Waals surface area (Å²) in [5.74, 6) is -2.25. The summed E-state index contributed by atoms with van der Waals surface area (Å²) in [6.07, 6.45) is -4.63. The predicted octanol–water partition coefficient (Wildman–Crippen LogP) is 3.91. The third-order valence-corrected chi connectivity index (χ3v) is 2.89. The molecule has 2 aromatic rings. The highest BCUT2D eigenvalue weighted by molar-refractivity contribution is 5.89. The maximum Gasteiger partial charge on any atom is 0.416 e. The van der Waals surface area contributed by atoms with Crippen LogP contribution in [0.2, 0.25) is 0 Å². The van der Waals surface area contributed by atoms with Crippen molar-refractivity contribution in [2.45, 2.75) is 13.1 Å². The molecule has 0 radical (unpaired) electrons. The Morgan fingerprint density at radius 3 is 2.33 bits per heavy atom. The van der Waals surface area contributed by atoms with Crippen LogP contribution in [0, 0.1) is 12.7 Å². The van der Waals surface area contributed by atoms with Gasteiger partial charge in [0.15, 0.2) is 0 Å². The number of aromatic nitrogens is 1. The molecule has 2 rings (SSSR count). The lowest BCUT2D eigenvalue weighted by atomic mass is 10.1. The van der Waals surface area contributed by atoms with Crippen LogP contribution in [0.4, 0.5) is 17.6 Å². The van der Waals surface area contributed by atoms with Gasteiger partial charge in [0.25, 0.3) is 0 Å². The lowest BCUT2D eigenvalue weighted by molar-refractivity contribution is -0.137. The summed E-state index contributed by atoms with van der Waals surface area (Å²) in [6, 6.07) is 4.59. The second-order valence-corrected chi connectivity index (χ2v) is 4.33. The molecule has 0 unspecified atom stereocenters. The highest BCUT2D eigenvalue weighted by Gasteiger charge is 2.31. The van der Waals surface area contributed by atoms with Crippen LogP contribution in [0.3, 0.4) is 0 Å². The van der Waals surface area contributed by atoms with Gasteiger partial charge >= 0.3 is 12.1 Å². The molecule has 0 saturated carbocycles. The van der Waals surface area contributed by atoms with Crippen molar-refractivity contribution in [3.8, 4) is 11.3 Å². The number of hydrogen-bond acceptors (Lipinski definition) is 2. The normalized spacial score (nSPS) is 11.5. The third kappa shape index (κ3) is 3.01. The van der Waals surface area contributed by atoms with Gasteiger partial charge in [0, 0.05) is 5.56 Å². The standard InChI is InChI=1S/C14H9F4NO2/c1-7-9(13(20)21)4-5-12(19-7)10-3-2-8(6-11(10)15)14(16,17)18/h2-6H,1H3,(H,20,21). The Morgan fingerprint density at radius 1 is 1.19 bits per heavy atom. The van der Waals surface area contributed by atoms with Gasteiger partial charge in [-0.1, -0.05) is 0 Å². The lowest BCUT2D eigenvalue weighted by Gasteiger charge is -2.10. The van der Waals surface area contributed by atoms with Crippen molar-refractivity contribution in [2.75, 3.05) is 0 Å². The van der Waals surface area contributed by atoms with E-state index in [0.29, 0.717) is 6.07 Å². The molecule has 0 spiro atoms. The molecule has 1 N–H and O–H groups in total. The minimum Gasteiger partial charge on any atom is -0.478 e. The largest absolute Gasteiger partial charge is 0.478 e. The summed E-state index contributed by atoms with van der Waals surface area (Å²) < 4.78 is 51.2. The summed E-state index contributed by atoms with van der Waals surface area (Å²) in [6.45, 7) is 1.43. The molecule has 0 amide bonds. The van der Waals surface area contributed by atoms with E-state index in [1.165, 1.54) is 19.1 Å². The summed E-state index contributed by atoms with van der Waals surface area (Å²) in [5, 5.41) is 8.87. The van der Waals surface area contributed by atoms with Gasteiger partial charge < -0.3 is 5.11 Å². The number of alkyl halides is 3. The monoisotopic (exact) mass is 299 g/mol. The first kappa shape index (κ1) is 15.0. The predicted molar refractivity (Wildman–Crippen MR) is 66.3 cm³/mol. The Kier molecular flexibility index (Phi) is 3.67. The number of nitrogens with zero attached hydrogens (tertiary/aromatic N) is 1. The maximum absolute atomic E-state index is 13.8. The number of rotatable bonds is 2. The van der Waals surface area contributed by atoms with Gasteiger partial charge in [0.05, 0.1) is 22.5 Å². The first-order valence-electron chi connectivity index (χ1n) is 5.78. The van der Waals surface area contributed by atoms with E-state index >= 15 is 0 Å². The van der Waals surface area contributed by atoms with Gasteiger partial charge in [-0.2, -0.15) is 13.2 Å². The number of aromatic carboxylic acids is 1. The first-order chi connectivity index (χ1) is 9.70. The van der Waals surface area contributed by atoms with Crippen molar-refractivity contribution in [3.63, 3.8) is 0 Å². The molecular weight excluding hydrogens is 290 g/mol. The average molecular weight is 299 g/mol. The van der Waals surface area contributed by atoms with Crippen LogP contribution in [0.1, 0.15) is 21.6 Å². The van der Waals surface area contributed by atoms with Gasteiger partial charge in [0.1, 0.15) is 5.82 Å². The molecule has 0 aliphatic rings. The zero-order valence-electron chi connectivity index (χ0n) is 10.7. The number of hydrogen-bond donors (Lipinski definition) is 1. The maximum atomic E-state index is 13.8. The molecular formula is C14H9F4NO2. The Hall–Kier alpha value is -2.44. The van der Waals surface area contributed by atoms with E-state index < -0.39 is 23.5 Å². The second kappa shape index (κ2) is 5.16. The quantitative estimate of drug-likeness (QED) is 0.855. The van der Waals surface area contributed by atoms with Crippen LogP contribution in [-0.4, -0.2) is 16.1 Å². The molecule has 1 aromatic carbocycles. The van der Waals surface area contributed by atoms with E-state index in [1.807, 2.05) is 0 Å². The highest BCUT2D eigenvalue weighted by Crippen LogP contribution is 2.32. The van der Waals surface area contributed by atoms with Crippen LogP contribution in [0.15, 0.2) is 30.3 Å². The summed E-state index contributed by atoms with van der Waals surface area (Å²) >= 11 is 0. The van der Waals surface area contributed by atoms with Gasteiger partial charge in [-0.15, -0.1) is 0 Å². The molecule has 1 aromatic heterocycles. The minimum absolute atomic E-state index is 0.0499. The van der Waals surface area contributed by atoms with Crippen molar-refractivity contribution in [2.24, 2.45) is 0 Å². The Morgan fingerprint density at radius 2 is 1.86 bits per heavy atom. The summed E-state index contributed by atoms with van der Waals surface area (Å²) in [4.78, 5) is 14.8. The van der Waals surface area contributed by atoms with E-state index in [0.717, 1.165) is 12.1 Å². The SMILES string of the molecule is Cc1nc(-c2ccc(C(F)(F)F)cc2F)ccc1C(=O)O. The fourth-order valence-electron chi connectivity index (χ4n) is 1.84. The smallest absolute Gasteiger partial charge is 0.416 e. The molecule has 0 saturated heterocycles. The molecule has 0 atom stereocenters. The van der Waals surface area contributed by atoms with E-state index in [1.54, 1.807) is 0 Å². The van der Waals surface area contributed by atoms with E-state index in [9.17, 15) is 22.4 Å². The van der Waals surface area contributed by atoms with E-state index in [4.69, 9.17) is 5.11 Å². The molecule has 0 aliphatic heterocycles. The molecule has 0 aliphatic carbocycles. The van der Waals surface area contributed by atoms with Crippen LogP contribution in [0.25, 0.3) is 11.3 Å². The van der Waals surface area contributed by atoms with E-state index in [-0.39, 0.29) is 22.5 Å². The van der Waals surface area contributed by atoms with Gasteiger partial charge in [-0.25, -0.2) is 9.18 Å². The van der Waals surface area contributed by atoms with Gasteiger partial charge in [-0.05, 0) is 37.3 Å². The van der Waals surface area contributed by atoms with Crippen molar-refractivity contribution in [1.82, 2.24) is 4.98 Å². The third-order valence-electron chi connectivity index (χ3n) is 2.89. The van der Waals surface area contributed by atoms with Crippen LogP contribution < -0.4 is 0 Å². The van der Waals surface area contributed by atoms with Gasteiger partial charge in [-0.3, -0.25) is 4.98 Å². The molecule has 1 heterocycles. The fraction of sp³-hybridized carbons (Fsp3) is 0.143. The highest BCUT2D eigenvalue weighted by atomic mass is 19.4. The summed E-state index contributed by atoms with van der Waals surface area (Å²) in [7, 11) is 0. The number of pyridine rings is 1.